The first-order valence-electron chi connectivity index (χ1n) is 24.7. The lowest BCUT2D eigenvalue weighted by Gasteiger charge is -2.18. The van der Waals surface area contributed by atoms with E-state index in [1.54, 1.807) is 0 Å². The molecule has 0 aliphatic heterocycles. The molecule has 0 amide bonds. The Kier molecular flexibility index (Phi) is 46.7. The molecule has 63 heavy (non-hydrogen) atoms. The molecule has 6 nitrogen and oxygen atoms in total. The highest BCUT2D eigenvalue weighted by molar-refractivity contribution is 5.71. The van der Waals surface area contributed by atoms with E-state index in [0.717, 1.165) is 109 Å². The molecule has 0 aliphatic carbocycles. The molecule has 0 saturated carbocycles. The molecule has 352 valence electrons. The first kappa shape index (κ1) is 58.6. The quantitative estimate of drug-likeness (QED) is 0.0263. The lowest BCUT2D eigenvalue weighted by atomic mass is 10.1. The van der Waals surface area contributed by atoms with Gasteiger partial charge in [-0.3, -0.25) is 14.4 Å². The van der Waals surface area contributed by atoms with E-state index in [0.29, 0.717) is 19.3 Å². The van der Waals surface area contributed by atoms with E-state index in [-0.39, 0.29) is 38.0 Å². The molecule has 1 unspecified atom stereocenters. The normalized spacial score (nSPS) is 13.3. The van der Waals surface area contributed by atoms with Gasteiger partial charge in [0.15, 0.2) is 6.10 Å². The van der Waals surface area contributed by atoms with Crippen LogP contribution in [0.4, 0.5) is 0 Å². The Hall–Kier alpha value is -4.45. The van der Waals surface area contributed by atoms with Crippen molar-refractivity contribution < 1.29 is 28.6 Å². The Morgan fingerprint density at radius 3 is 1.05 bits per heavy atom. The molecule has 0 saturated heterocycles. The minimum atomic E-state index is -0.838. The average molecular weight is 869 g/mol. The molecule has 0 radical (unpaired) electrons. The van der Waals surface area contributed by atoms with E-state index in [1.807, 2.05) is 0 Å². The summed E-state index contributed by atoms with van der Waals surface area (Å²) in [6, 6.07) is 0. The Labute approximate surface area is 385 Å². The molecular formula is C57H88O6. The molecule has 0 fully saturated rings. The molecule has 0 aliphatic rings. The van der Waals surface area contributed by atoms with Crippen LogP contribution in [0.2, 0.25) is 0 Å². The molecule has 0 rings (SSSR count). The van der Waals surface area contributed by atoms with Crippen LogP contribution in [0.1, 0.15) is 188 Å². The zero-order valence-electron chi connectivity index (χ0n) is 40.0. The van der Waals surface area contributed by atoms with Crippen LogP contribution >= 0.6 is 0 Å². The maximum absolute atomic E-state index is 12.8. The van der Waals surface area contributed by atoms with Crippen LogP contribution in [0.25, 0.3) is 0 Å². The number of carbonyl (C=O) groups excluding carboxylic acids is 3. The Morgan fingerprint density at radius 1 is 0.333 bits per heavy atom. The summed E-state index contributed by atoms with van der Waals surface area (Å²) in [7, 11) is 0. The van der Waals surface area contributed by atoms with E-state index in [4.69, 9.17) is 14.2 Å². The van der Waals surface area contributed by atoms with Crippen LogP contribution in [0.3, 0.4) is 0 Å². The number of rotatable bonds is 42. The summed E-state index contributed by atoms with van der Waals surface area (Å²) >= 11 is 0. The van der Waals surface area contributed by atoms with Crippen molar-refractivity contribution in [2.75, 3.05) is 13.2 Å². The fourth-order valence-electron chi connectivity index (χ4n) is 5.96. The Morgan fingerprint density at radius 2 is 0.635 bits per heavy atom. The number of unbranched alkanes of at least 4 members (excludes halogenated alkanes) is 9. The van der Waals surface area contributed by atoms with Crippen molar-refractivity contribution in [1.29, 1.82) is 0 Å². The highest BCUT2D eigenvalue weighted by Gasteiger charge is 2.19. The summed E-state index contributed by atoms with van der Waals surface area (Å²) in [5.74, 6) is -1.07. The number of ether oxygens (including phenoxy) is 3. The van der Waals surface area contributed by atoms with Gasteiger partial charge in [-0.05, 0) is 116 Å². The number of allylic oxidation sites excluding steroid dienone is 22. The predicted molar refractivity (Wildman–Crippen MR) is 269 cm³/mol. The van der Waals surface area contributed by atoms with E-state index in [9.17, 15) is 14.4 Å². The lowest BCUT2D eigenvalue weighted by Crippen LogP contribution is -2.30. The first-order chi connectivity index (χ1) is 31.0. The summed E-state index contributed by atoms with van der Waals surface area (Å²) in [5, 5.41) is 0. The van der Waals surface area contributed by atoms with Gasteiger partial charge in [0.25, 0.3) is 0 Å². The predicted octanol–water partition coefficient (Wildman–Crippen LogP) is 16.3. The number of hydrogen-bond donors (Lipinski definition) is 0. The van der Waals surface area contributed by atoms with Crippen molar-refractivity contribution in [2.24, 2.45) is 0 Å². The van der Waals surface area contributed by atoms with Gasteiger partial charge in [0.05, 0.1) is 0 Å². The standard InChI is InChI=1S/C57H88O6/c1-4-7-10-13-16-19-22-24-26-28-30-32-35-38-41-44-47-50-56(59)62-53-54(52-61-55(58)49-46-43-40-37-34-21-18-15-12-9-6-3)63-57(60)51-48-45-42-39-36-33-31-29-27-25-23-20-17-14-11-8-5-2/h7-8,10-11,15-20,24-27,30-33,38-39,41-42,54H,4-6,9,12-14,21-23,28-29,34-37,40,43-53H2,1-3H3/b10-7-,11-8-,18-15-,19-16-,20-17-,26-24-,27-25-,32-30-,33-31-,41-38-,42-39-. The molecule has 0 aromatic rings. The third-order valence-electron chi connectivity index (χ3n) is 9.62. The van der Waals surface area contributed by atoms with Crippen molar-refractivity contribution in [1.82, 2.24) is 0 Å². The molecule has 0 heterocycles. The molecule has 1 atom stereocenters. The molecule has 0 bridgehead atoms. The second-order valence-corrected chi connectivity index (χ2v) is 15.6. The van der Waals surface area contributed by atoms with Gasteiger partial charge in [0.1, 0.15) is 13.2 Å². The van der Waals surface area contributed by atoms with E-state index >= 15 is 0 Å². The summed E-state index contributed by atoms with van der Waals surface area (Å²) in [6.07, 6.45) is 70.2. The topological polar surface area (TPSA) is 78.9 Å². The Bertz CT molecular complexity index is 1420. The number of carbonyl (C=O) groups is 3. The van der Waals surface area contributed by atoms with Crippen molar-refractivity contribution in [3.05, 3.63) is 134 Å². The third kappa shape index (κ3) is 48.4. The lowest BCUT2D eigenvalue weighted by molar-refractivity contribution is -0.167. The van der Waals surface area contributed by atoms with Crippen LogP contribution in [0.15, 0.2) is 134 Å². The Balaban J connectivity index is 4.60. The number of hydrogen-bond acceptors (Lipinski definition) is 6. The van der Waals surface area contributed by atoms with Gasteiger partial charge < -0.3 is 14.2 Å². The van der Waals surface area contributed by atoms with Gasteiger partial charge in [0.2, 0.25) is 0 Å². The summed E-state index contributed by atoms with van der Waals surface area (Å²) in [4.78, 5) is 37.9. The molecule has 0 N–H and O–H groups in total. The largest absolute Gasteiger partial charge is 0.462 e. The minimum absolute atomic E-state index is 0.128. The van der Waals surface area contributed by atoms with Crippen LogP contribution in [-0.2, 0) is 28.6 Å². The second-order valence-electron chi connectivity index (χ2n) is 15.6. The van der Waals surface area contributed by atoms with E-state index < -0.39 is 12.1 Å². The van der Waals surface area contributed by atoms with Crippen LogP contribution < -0.4 is 0 Å². The zero-order valence-corrected chi connectivity index (χ0v) is 40.0. The highest BCUT2D eigenvalue weighted by atomic mass is 16.6. The molecule has 0 aromatic heterocycles. The third-order valence-corrected chi connectivity index (χ3v) is 9.62. The van der Waals surface area contributed by atoms with E-state index in [1.165, 1.54) is 25.7 Å². The fraction of sp³-hybridized carbons (Fsp3) is 0.561. The van der Waals surface area contributed by atoms with Gasteiger partial charge in [-0.25, -0.2) is 0 Å². The van der Waals surface area contributed by atoms with Crippen molar-refractivity contribution >= 4 is 17.9 Å². The summed E-state index contributed by atoms with van der Waals surface area (Å²) in [6.45, 7) is 6.23. The smallest absolute Gasteiger partial charge is 0.306 e. The van der Waals surface area contributed by atoms with Crippen molar-refractivity contribution in [3.63, 3.8) is 0 Å². The zero-order chi connectivity index (χ0) is 45.8. The van der Waals surface area contributed by atoms with Gasteiger partial charge in [-0.1, -0.05) is 187 Å². The molecular weight excluding hydrogens is 781 g/mol. The minimum Gasteiger partial charge on any atom is -0.462 e. The van der Waals surface area contributed by atoms with Crippen LogP contribution in [0, 0.1) is 0 Å². The van der Waals surface area contributed by atoms with Crippen molar-refractivity contribution in [3.8, 4) is 0 Å². The summed E-state index contributed by atoms with van der Waals surface area (Å²) in [5.41, 5.74) is 0. The van der Waals surface area contributed by atoms with Crippen LogP contribution in [0.5, 0.6) is 0 Å². The molecule has 6 heteroatoms. The molecule has 0 aromatic carbocycles. The van der Waals surface area contributed by atoms with E-state index in [2.05, 4.69) is 154 Å². The van der Waals surface area contributed by atoms with Crippen LogP contribution in [-0.4, -0.2) is 37.2 Å². The highest BCUT2D eigenvalue weighted by Crippen LogP contribution is 2.11. The SMILES string of the molecule is CC/C=C\C/C=C\C/C=C\C/C=C\C/C=C\CCCC(=O)OCC(COC(=O)CCCCCCC/C=C\CCCC)OC(=O)CCC/C=C\C/C=C\C/C=C\C/C=C\C/C=C\CC. The maximum Gasteiger partial charge on any atom is 0.306 e. The van der Waals surface area contributed by atoms with Crippen molar-refractivity contribution in [2.45, 2.75) is 194 Å². The van der Waals surface area contributed by atoms with Gasteiger partial charge in [-0.2, -0.15) is 0 Å². The average Bonchev–Trinajstić information content (AvgIpc) is 3.28. The number of esters is 3. The molecule has 0 spiro atoms. The summed E-state index contributed by atoms with van der Waals surface area (Å²) < 4.78 is 16.6. The van der Waals surface area contributed by atoms with Gasteiger partial charge >= 0.3 is 17.9 Å². The maximum atomic E-state index is 12.8. The first-order valence-corrected chi connectivity index (χ1v) is 24.7. The second kappa shape index (κ2) is 50.2. The monoisotopic (exact) mass is 869 g/mol. The van der Waals surface area contributed by atoms with Gasteiger partial charge in [0, 0.05) is 19.3 Å². The fourth-order valence-corrected chi connectivity index (χ4v) is 5.96. The van der Waals surface area contributed by atoms with Gasteiger partial charge in [-0.15, -0.1) is 0 Å².